The summed E-state index contributed by atoms with van der Waals surface area (Å²) >= 11 is 0. The maximum atomic E-state index is 11.6. The SMILES string of the molecule is CCCCN(C)C(=O)CN1C(=O)CNC1=O. The van der Waals surface area contributed by atoms with Crippen LogP contribution in [0, 0.1) is 0 Å². The van der Waals surface area contributed by atoms with Crippen LogP contribution >= 0.6 is 0 Å². The highest BCUT2D eigenvalue weighted by Crippen LogP contribution is 2.01. The van der Waals surface area contributed by atoms with E-state index >= 15 is 0 Å². The number of hydrogen-bond donors (Lipinski definition) is 1. The summed E-state index contributed by atoms with van der Waals surface area (Å²) in [4.78, 5) is 36.5. The van der Waals surface area contributed by atoms with Crippen molar-refractivity contribution in [3.63, 3.8) is 0 Å². The summed E-state index contributed by atoms with van der Waals surface area (Å²) in [5.41, 5.74) is 0. The fourth-order valence-corrected chi connectivity index (χ4v) is 1.39. The van der Waals surface area contributed by atoms with E-state index in [1.54, 1.807) is 11.9 Å². The van der Waals surface area contributed by atoms with E-state index in [1.807, 2.05) is 6.92 Å². The highest BCUT2D eigenvalue weighted by Gasteiger charge is 2.30. The number of nitrogens with one attached hydrogen (secondary N) is 1. The lowest BCUT2D eigenvalue weighted by atomic mass is 10.3. The van der Waals surface area contributed by atoms with Crippen molar-refractivity contribution in [2.24, 2.45) is 0 Å². The first kappa shape index (κ1) is 12.5. The third-order valence-electron chi connectivity index (χ3n) is 2.50. The first-order valence-corrected chi connectivity index (χ1v) is 5.38. The number of urea groups is 1. The highest BCUT2D eigenvalue weighted by molar-refractivity contribution is 6.04. The number of carbonyl (C=O) groups is 3. The second kappa shape index (κ2) is 5.48. The third-order valence-corrected chi connectivity index (χ3v) is 2.50. The fraction of sp³-hybridized carbons (Fsp3) is 0.700. The number of rotatable bonds is 5. The standard InChI is InChI=1S/C10H17N3O3/c1-3-4-5-12(2)9(15)7-13-8(14)6-11-10(13)16/h3-7H2,1-2H3,(H,11,16). The highest BCUT2D eigenvalue weighted by atomic mass is 16.2. The Hall–Kier alpha value is -1.59. The van der Waals surface area contributed by atoms with Crippen LogP contribution in [0.2, 0.25) is 0 Å². The summed E-state index contributed by atoms with van der Waals surface area (Å²) in [7, 11) is 1.68. The van der Waals surface area contributed by atoms with Gasteiger partial charge in [0, 0.05) is 13.6 Å². The summed E-state index contributed by atoms with van der Waals surface area (Å²) in [5.74, 6) is -0.555. The van der Waals surface area contributed by atoms with Gasteiger partial charge in [0.05, 0.1) is 6.54 Å². The Balaban J connectivity index is 2.44. The Kier molecular flexibility index (Phi) is 4.28. The fourth-order valence-electron chi connectivity index (χ4n) is 1.39. The summed E-state index contributed by atoms with van der Waals surface area (Å²) in [5, 5.41) is 2.37. The van der Waals surface area contributed by atoms with Crippen molar-refractivity contribution in [2.75, 3.05) is 26.7 Å². The van der Waals surface area contributed by atoms with Gasteiger partial charge in [0.2, 0.25) is 5.91 Å². The molecule has 1 aliphatic rings. The molecule has 0 bridgehead atoms. The van der Waals surface area contributed by atoms with Gasteiger partial charge in [-0.05, 0) is 6.42 Å². The molecule has 6 heteroatoms. The second-order valence-electron chi connectivity index (χ2n) is 3.81. The molecule has 1 heterocycles. The lowest BCUT2D eigenvalue weighted by Gasteiger charge is -2.19. The van der Waals surface area contributed by atoms with Crippen LogP contribution in [0.3, 0.4) is 0 Å². The van der Waals surface area contributed by atoms with Crippen molar-refractivity contribution in [1.82, 2.24) is 15.1 Å². The van der Waals surface area contributed by atoms with E-state index in [2.05, 4.69) is 5.32 Å². The van der Waals surface area contributed by atoms with Crippen molar-refractivity contribution in [3.05, 3.63) is 0 Å². The van der Waals surface area contributed by atoms with Gasteiger partial charge in [-0.25, -0.2) is 4.79 Å². The van der Waals surface area contributed by atoms with Gasteiger partial charge in [-0.15, -0.1) is 0 Å². The Morgan fingerprint density at radius 1 is 1.50 bits per heavy atom. The van der Waals surface area contributed by atoms with Gasteiger partial charge in [-0.3, -0.25) is 14.5 Å². The van der Waals surface area contributed by atoms with Gasteiger partial charge in [0.25, 0.3) is 5.91 Å². The molecule has 0 aromatic carbocycles. The summed E-state index contributed by atoms with van der Waals surface area (Å²) in [6.07, 6.45) is 1.92. The molecular formula is C10H17N3O3. The van der Waals surface area contributed by atoms with Gasteiger partial charge in [-0.1, -0.05) is 13.3 Å². The number of likely N-dealkylation sites (N-methyl/N-ethyl adjacent to an activating group) is 1. The van der Waals surface area contributed by atoms with E-state index in [0.717, 1.165) is 17.7 Å². The third kappa shape index (κ3) is 2.95. The molecule has 1 rings (SSSR count). The van der Waals surface area contributed by atoms with Crippen LogP contribution in [-0.4, -0.2) is 54.3 Å². The maximum Gasteiger partial charge on any atom is 0.325 e. The predicted octanol–water partition coefficient (Wildman–Crippen LogP) is -0.203. The summed E-state index contributed by atoms with van der Waals surface area (Å²) in [6.45, 7) is 2.52. The number of amides is 4. The molecule has 0 aliphatic carbocycles. The Labute approximate surface area is 94.6 Å². The van der Waals surface area contributed by atoms with Crippen LogP contribution in [0.1, 0.15) is 19.8 Å². The lowest BCUT2D eigenvalue weighted by Crippen LogP contribution is -2.41. The molecule has 0 aromatic rings. The van der Waals surface area contributed by atoms with Crippen molar-refractivity contribution >= 4 is 17.8 Å². The second-order valence-corrected chi connectivity index (χ2v) is 3.81. The van der Waals surface area contributed by atoms with Gasteiger partial charge in [0.1, 0.15) is 6.54 Å². The molecule has 90 valence electrons. The first-order valence-electron chi connectivity index (χ1n) is 5.38. The topological polar surface area (TPSA) is 69.7 Å². The van der Waals surface area contributed by atoms with Crippen LogP contribution in [0.25, 0.3) is 0 Å². The number of imide groups is 1. The van der Waals surface area contributed by atoms with E-state index in [-0.39, 0.29) is 24.9 Å². The van der Waals surface area contributed by atoms with Crippen molar-refractivity contribution in [2.45, 2.75) is 19.8 Å². The Morgan fingerprint density at radius 3 is 2.69 bits per heavy atom. The smallest absolute Gasteiger partial charge is 0.325 e. The molecule has 0 aromatic heterocycles. The predicted molar refractivity (Wildman–Crippen MR) is 57.7 cm³/mol. The van der Waals surface area contributed by atoms with Crippen molar-refractivity contribution in [1.29, 1.82) is 0 Å². The van der Waals surface area contributed by atoms with E-state index in [4.69, 9.17) is 0 Å². The molecule has 0 spiro atoms. The van der Waals surface area contributed by atoms with Gasteiger partial charge in [0.15, 0.2) is 0 Å². The number of carbonyl (C=O) groups excluding carboxylic acids is 3. The molecule has 0 atom stereocenters. The van der Waals surface area contributed by atoms with Crippen LogP contribution in [-0.2, 0) is 9.59 Å². The largest absolute Gasteiger partial charge is 0.344 e. The molecule has 4 amide bonds. The number of unbranched alkanes of at least 4 members (excludes halogenated alkanes) is 1. The zero-order chi connectivity index (χ0) is 12.1. The molecule has 1 N–H and O–H groups in total. The van der Waals surface area contributed by atoms with Crippen LogP contribution < -0.4 is 5.32 Å². The minimum atomic E-state index is -0.484. The zero-order valence-electron chi connectivity index (χ0n) is 9.65. The summed E-state index contributed by atoms with van der Waals surface area (Å²) < 4.78 is 0. The molecule has 16 heavy (non-hydrogen) atoms. The average molecular weight is 227 g/mol. The van der Waals surface area contributed by atoms with Crippen LogP contribution in [0.4, 0.5) is 4.79 Å². The number of nitrogens with zero attached hydrogens (tertiary/aromatic N) is 2. The van der Waals surface area contributed by atoms with E-state index < -0.39 is 6.03 Å². The van der Waals surface area contributed by atoms with E-state index in [0.29, 0.717) is 6.54 Å². The van der Waals surface area contributed by atoms with E-state index in [9.17, 15) is 14.4 Å². The average Bonchev–Trinajstić information content (AvgIpc) is 2.57. The molecular weight excluding hydrogens is 210 g/mol. The zero-order valence-corrected chi connectivity index (χ0v) is 9.65. The van der Waals surface area contributed by atoms with Gasteiger partial charge >= 0.3 is 6.03 Å². The summed E-state index contributed by atoms with van der Waals surface area (Å²) in [6, 6.07) is -0.484. The van der Waals surface area contributed by atoms with Gasteiger partial charge in [-0.2, -0.15) is 0 Å². The van der Waals surface area contributed by atoms with E-state index in [1.165, 1.54) is 0 Å². The minimum absolute atomic E-state index is 0.00914. The Morgan fingerprint density at radius 2 is 2.19 bits per heavy atom. The molecule has 0 radical (unpaired) electrons. The molecule has 0 saturated carbocycles. The van der Waals surface area contributed by atoms with Crippen LogP contribution in [0.15, 0.2) is 0 Å². The Bertz CT molecular complexity index is 288. The van der Waals surface area contributed by atoms with Crippen LogP contribution in [0.5, 0.6) is 0 Å². The maximum absolute atomic E-state index is 11.6. The lowest BCUT2D eigenvalue weighted by molar-refractivity contribution is -0.135. The quantitative estimate of drug-likeness (QED) is 0.661. The monoisotopic (exact) mass is 227 g/mol. The molecule has 0 unspecified atom stereocenters. The van der Waals surface area contributed by atoms with Crippen molar-refractivity contribution < 1.29 is 14.4 Å². The normalized spacial score (nSPS) is 15.2. The molecule has 6 nitrogen and oxygen atoms in total. The molecule has 1 aliphatic heterocycles. The van der Waals surface area contributed by atoms with Crippen molar-refractivity contribution in [3.8, 4) is 0 Å². The molecule has 1 saturated heterocycles. The number of hydrogen-bond acceptors (Lipinski definition) is 3. The first-order chi connectivity index (χ1) is 7.56. The molecule has 1 fully saturated rings. The van der Waals surface area contributed by atoms with Gasteiger partial charge < -0.3 is 10.2 Å². The minimum Gasteiger partial charge on any atom is -0.344 e.